The van der Waals surface area contributed by atoms with Crippen LogP contribution in [0.2, 0.25) is 0 Å². The van der Waals surface area contributed by atoms with Crippen molar-refractivity contribution >= 4 is 5.69 Å². The van der Waals surface area contributed by atoms with Crippen LogP contribution in [0, 0.1) is 0 Å². The van der Waals surface area contributed by atoms with E-state index in [0.29, 0.717) is 0 Å². The minimum absolute atomic E-state index is 0.0628. The van der Waals surface area contributed by atoms with E-state index in [0.717, 1.165) is 19.7 Å². The maximum absolute atomic E-state index is 5.98. The molecular formula is C13H22N2O. The fourth-order valence-corrected chi connectivity index (χ4v) is 1.81. The third kappa shape index (κ3) is 3.22. The Labute approximate surface area is 98.2 Å². The van der Waals surface area contributed by atoms with Gasteiger partial charge in [-0.25, -0.2) is 0 Å². The lowest BCUT2D eigenvalue weighted by molar-refractivity contribution is 0.205. The van der Waals surface area contributed by atoms with E-state index in [9.17, 15) is 0 Å². The van der Waals surface area contributed by atoms with Gasteiger partial charge in [-0.3, -0.25) is 0 Å². The Morgan fingerprint density at radius 2 is 2.06 bits per heavy atom. The number of ether oxygens (including phenoxy) is 1. The number of likely N-dealkylation sites (N-methyl/N-ethyl adjacent to an activating group) is 1. The minimum Gasteiger partial charge on any atom is -0.383 e. The van der Waals surface area contributed by atoms with Crippen LogP contribution in [0.1, 0.15) is 25.5 Å². The highest BCUT2D eigenvalue weighted by Gasteiger charge is 2.11. The first kappa shape index (κ1) is 13.0. The van der Waals surface area contributed by atoms with E-state index in [1.54, 1.807) is 7.11 Å². The van der Waals surface area contributed by atoms with E-state index in [-0.39, 0.29) is 6.04 Å². The van der Waals surface area contributed by atoms with Crippen LogP contribution in [-0.4, -0.2) is 26.8 Å². The summed E-state index contributed by atoms with van der Waals surface area (Å²) in [6.07, 6.45) is 0. The van der Waals surface area contributed by atoms with Crippen LogP contribution in [0.5, 0.6) is 0 Å². The second-order valence-electron chi connectivity index (χ2n) is 3.92. The molecule has 90 valence electrons. The number of rotatable bonds is 6. The lowest BCUT2D eigenvalue weighted by Crippen LogP contribution is -2.28. The second kappa shape index (κ2) is 6.51. The van der Waals surface area contributed by atoms with Gasteiger partial charge in [-0.15, -0.1) is 0 Å². The molecule has 0 radical (unpaired) electrons. The molecule has 1 rings (SSSR count). The number of nitrogens with zero attached hydrogens (tertiary/aromatic N) is 1. The minimum atomic E-state index is 0.0628. The summed E-state index contributed by atoms with van der Waals surface area (Å²) in [5, 5.41) is 0. The standard InChI is InChI=1S/C13H22N2O/c1-4-15(9-10-16-3)13-8-6-5-7-12(13)11(2)14/h5-8,11H,4,9-10,14H2,1-3H3. The average molecular weight is 222 g/mol. The van der Waals surface area contributed by atoms with Crippen LogP contribution in [-0.2, 0) is 4.74 Å². The molecule has 1 atom stereocenters. The van der Waals surface area contributed by atoms with E-state index >= 15 is 0 Å². The van der Waals surface area contributed by atoms with Gasteiger partial charge < -0.3 is 15.4 Å². The monoisotopic (exact) mass is 222 g/mol. The topological polar surface area (TPSA) is 38.5 Å². The number of methoxy groups -OCH3 is 1. The fraction of sp³-hybridized carbons (Fsp3) is 0.538. The molecule has 0 amide bonds. The SMILES string of the molecule is CCN(CCOC)c1ccccc1C(C)N. The third-order valence-electron chi connectivity index (χ3n) is 2.72. The lowest BCUT2D eigenvalue weighted by Gasteiger charge is -2.26. The highest BCUT2D eigenvalue weighted by molar-refractivity contribution is 5.54. The first-order valence-electron chi connectivity index (χ1n) is 5.79. The summed E-state index contributed by atoms with van der Waals surface area (Å²) in [5.41, 5.74) is 8.39. The second-order valence-corrected chi connectivity index (χ2v) is 3.92. The average Bonchev–Trinajstić information content (AvgIpc) is 2.30. The van der Waals surface area contributed by atoms with Gasteiger partial charge >= 0.3 is 0 Å². The molecule has 0 saturated heterocycles. The molecule has 16 heavy (non-hydrogen) atoms. The number of hydrogen-bond acceptors (Lipinski definition) is 3. The number of anilines is 1. The Morgan fingerprint density at radius 3 is 2.62 bits per heavy atom. The Balaban J connectivity index is 2.90. The van der Waals surface area contributed by atoms with Gasteiger partial charge in [-0.1, -0.05) is 18.2 Å². The van der Waals surface area contributed by atoms with Crippen LogP contribution in [0.4, 0.5) is 5.69 Å². The van der Waals surface area contributed by atoms with Crippen LogP contribution in [0.3, 0.4) is 0 Å². The summed E-state index contributed by atoms with van der Waals surface area (Å²) in [6.45, 7) is 6.77. The van der Waals surface area contributed by atoms with Gasteiger partial charge in [0.2, 0.25) is 0 Å². The number of nitrogens with two attached hydrogens (primary N) is 1. The van der Waals surface area contributed by atoms with E-state index in [2.05, 4.69) is 30.0 Å². The molecule has 2 N–H and O–H groups in total. The highest BCUT2D eigenvalue weighted by atomic mass is 16.5. The molecule has 0 aliphatic rings. The zero-order valence-corrected chi connectivity index (χ0v) is 10.4. The number of para-hydroxylation sites is 1. The number of benzene rings is 1. The first-order chi connectivity index (χ1) is 7.70. The molecule has 1 aromatic carbocycles. The molecule has 0 bridgehead atoms. The van der Waals surface area contributed by atoms with Crippen molar-refractivity contribution in [2.24, 2.45) is 5.73 Å². The first-order valence-corrected chi connectivity index (χ1v) is 5.79. The normalized spacial score (nSPS) is 12.5. The van der Waals surface area contributed by atoms with Gasteiger partial charge in [0.25, 0.3) is 0 Å². The van der Waals surface area contributed by atoms with Crippen molar-refractivity contribution in [3.05, 3.63) is 29.8 Å². The molecule has 0 aliphatic heterocycles. The Bertz CT molecular complexity index is 313. The molecule has 1 unspecified atom stereocenters. The van der Waals surface area contributed by atoms with Gasteiger partial charge in [-0.05, 0) is 25.5 Å². The Hall–Kier alpha value is -1.06. The molecular weight excluding hydrogens is 200 g/mol. The van der Waals surface area contributed by atoms with Crippen molar-refractivity contribution in [2.75, 3.05) is 31.7 Å². The molecule has 0 heterocycles. The Kier molecular flexibility index (Phi) is 5.29. The molecule has 0 saturated carbocycles. The maximum Gasteiger partial charge on any atom is 0.0637 e. The Morgan fingerprint density at radius 1 is 1.38 bits per heavy atom. The van der Waals surface area contributed by atoms with Gasteiger partial charge in [0, 0.05) is 31.9 Å². The summed E-state index contributed by atoms with van der Waals surface area (Å²) >= 11 is 0. The van der Waals surface area contributed by atoms with Crippen molar-refractivity contribution in [1.82, 2.24) is 0 Å². The molecule has 0 fully saturated rings. The summed E-state index contributed by atoms with van der Waals surface area (Å²) in [5.74, 6) is 0. The summed E-state index contributed by atoms with van der Waals surface area (Å²) < 4.78 is 5.12. The van der Waals surface area contributed by atoms with Crippen LogP contribution < -0.4 is 10.6 Å². The third-order valence-corrected chi connectivity index (χ3v) is 2.72. The van der Waals surface area contributed by atoms with Gasteiger partial charge in [0.05, 0.1) is 6.61 Å². The van der Waals surface area contributed by atoms with E-state index in [1.807, 2.05) is 13.0 Å². The van der Waals surface area contributed by atoms with Crippen molar-refractivity contribution in [3.8, 4) is 0 Å². The van der Waals surface area contributed by atoms with Gasteiger partial charge in [-0.2, -0.15) is 0 Å². The smallest absolute Gasteiger partial charge is 0.0637 e. The van der Waals surface area contributed by atoms with Crippen LogP contribution >= 0.6 is 0 Å². The molecule has 1 aromatic rings. The molecule has 3 heteroatoms. The van der Waals surface area contributed by atoms with Crippen molar-refractivity contribution in [1.29, 1.82) is 0 Å². The van der Waals surface area contributed by atoms with Gasteiger partial charge in [0.15, 0.2) is 0 Å². The van der Waals surface area contributed by atoms with Crippen LogP contribution in [0.25, 0.3) is 0 Å². The predicted octanol–water partition coefficient (Wildman–Crippen LogP) is 2.18. The molecule has 3 nitrogen and oxygen atoms in total. The molecule has 0 spiro atoms. The zero-order valence-electron chi connectivity index (χ0n) is 10.4. The van der Waals surface area contributed by atoms with Crippen molar-refractivity contribution in [2.45, 2.75) is 19.9 Å². The lowest BCUT2D eigenvalue weighted by atomic mass is 10.1. The number of hydrogen-bond donors (Lipinski definition) is 1. The highest BCUT2D eigenvalue weighted by Crippen LogP contribution is 2.24. The van der Waals surface area contributed by atoms with E-state index < -0.39 is 0 Å². The fourth-order valence-electron chi connectivity index (χ4n) is 1.81. The van der Waals surface area contributed by atoms with Crippen molar-refractivity contribution in [3.63, 3.8) is 0 Å². The van der Waals surface area contributed by atoms with E-state index in [4.69, 9.17) is 10.5 Å². The maximum atomic E-state index is 5.98. The van der Waals surface area contributed by atoms with Gasteiger partial charge in [0.1, 0.15) is 0 Å². The summed E-state index contributed by atoms with van der Waals surface area (Å²) in [4.78, 5) is 2.29. The molecule has 0 aliphatic carbocycles. The summed E-state index contributed by atoms with van der Waals surface area (Å²) in [6, 6.07) is 8.36. The predicted molar refractivity (Wildman–Crippen MR) is 68.8 cm³/mol. The zero-order chi connectivity index (χ0) is 12.0. The molecule has 0 aromatic heterocycles. The van der Waals surface area contributed by atoms with Crippen molar-refractivity contribution < 1.29 is 4.74 Å². The van der Waals surface area contributed by atoms with Crippen LogP contribution in [0.15, 0.2) is 24.3 Å². The largest absolute Gasteiger partial charge is 0.383 e. The van der Waals surface area contributed by atoms with E-state index in [1.165, 1.54) is 11.3 Å². The summed E-state index contributed by atoms with van der Waals surface area (Å²) in [7, 11) is 1.73. The quantitative estimate of drug-likeness (QED) is 0.801.